The van der Waals surface area contributed by atoms with Gasteiger partial charge in [-0.15, -0.1) is 0 Å². The Morgan fingerprint density at radius 2 is 1.86 bits per heavy atom. The minimum atomic E-state index is 0.273. The molecule has 6 nitrogen and oxygen atoms in total. The van der Waals surface area contributed by atoms with Crippen molar-refractivity contribution in [2.24, 2.45) is 0 Å². The van der Waals surface area contributed by atoms with Gasteiger partial charge < -0.3 is 10.2 Å². The Morgan fingerprint density at radius 1 is 1.04 bits per heavy atom. The van der Waals surface area contributed by atoms with Crippen molar-refractivity contribution >= 4 is 17.5 Å². The summed E-state index contributed by atoms with van der Waals surface area (Å²) in [5, 5.41) is 3.45. The minimum Gasteiger partial charge on any atom is -0.352 e. The number of hydrogen-bond donors (Lipinski definition) is 1. The number of aromatic nitrogens is 3. The van der Waals surface area contributed by atoms with E-state index in [1.807, 2.05) is 49.8 Å². The Labute approximate surface area is 166 Å². The van der Waals surface area contributed by atoms with Crippen LogP contribution in [0, 0.1) is 0 Å². The monoisotopic (exact) mass is 374 g/mol. The van der Waals surface area contributed by atoms with E-state index in [0.717, 1.165) is 31.1 Å². The van der Waals surface area contributed by atoms with Crippen LogP contribution in [-0.4, -0.2) is 46.5 Å². The van der Waals surface area contributed by atoms with Gasteiger partial charge >= 0.3 is 0 Å². The Balaban J connectivity index is 1.49. The average Bonchev–Trinajstić information content (AvgIpc) is 3.29. The quantitative estimate of drug-likeness (QED) is 0.677. The predicted octanol–water partition coefficient (Wildman–Crippen LogP) is 3.89. The molecule has 1 aliphatic rings. The fraction of sp³-hybridized carbons (Fsp3) is 0.318. The van der Waals surface area contributed by atoms with E-state index in [1.54, 1.807) is 6.20 Å². The highest BCUT2D eigenvalue weighted by Crippen LogP contribution is 2.25. The summed E-state index contributed by atoms with van der Waals surface area (Å²) in [6.07, 6.45) is 8.10. The Morgan fingerprint density at radius 3 is 2.61 bits per heavy atom. The van der Waals surface area contributed by atoms with Crippen LogP contribution < -0.4 is 10.2 Å². The molecule has 2 aromatic heterocycles. The summed E-state index contributed by atoms with van der Waals surface area (Å²) in [7, 11) is 2.02. The summed E-state index contributed by atoms with van der Waals surface area (Å²) in [6.45, 7) is 3.00. The van der Waals surface area contributed by atoms with Crippen molar-refractivity contribution in [3.63, 3.8) is 0 Å². The number of para-hydroxylation sites is 1. The molecule has 0 radical (unpaired) electrons. The van der Waals surface area contributed by atoms with Gasteiger partial charge in [0.05, 0.1) is 6.04 Å². The third kappa shape index (κ3) is 4.28. The van der Waals surface area contributed by atoms with Crippen molar-refractivity contribution in [3.05, 3.63) is 72.7 Å². The Bertz CT molecular complexity index is 864. The molecule has 1 aromatic carbocycles. The van der Waals surface area contributed by atoms with Gasteiger partial charge in [-0.3, -0.25) is 9.88 Å². The van der Waals surface area contributed by atoms with E-state index in [2.05, 4.69) is 43.3 Å². The zero-order chi connectivity index (χ0) is 19.2. The molecule has 0 spiro atoms. The standard InChI is InChI=1S/C22H26N6/c1-27(19-9-3-2-4-10-19)21-11-13-24-22(26-21)25-17-20(28-14-5-6-15-28)18-8-7-12-23-16-18/h2-4,7-13,16,20H,5-6,14-15,17H2,1H3,(H,24,25,26). The fourth-order valence-electron chi connectivity index (χ4n) is 3.68. The maximum absolute atomic E-state index is 4.71. The lowest BCUT2D eigenvalue weighted by atomic mass is 10.1. The lowest BCUT2D eigenvalue weighted by molar-refractivity contribution is 0.255. The van der Waals surface area contributed by atoms with Crippen molar-refractivity contribution < 1.29 is 0 Å². The molecule has 1 atom stereocenters. The number of rotatable bonds is 7. The van der Waals surface area contributed by atoms with Crippen LogP contribution in [0.1, 0.15) is 24.4 Å². The lowest BCUT2D eigenvalue weighted by Gasteiger charge is -2.28. The minimum absolute atomic E-state index is 0.273. The molecule has 3 aromatic rings. The van der Waals surface area contributed by atoms with Gasteiger partial charge in [0.1, 0.15) is 5.82 Å². The smallest absolute Gasteiger partial charge is 0.224 e. The second-order valence-corrected chi connectivity index (χ2v) is 7.06. The van der Waals surface area contributed by atoms with Gasteiger partial charge in [-0.05, 0) is 55.8 Å². The van der Waals surface area contributed by atoms with E-state index in [-0.39, 0.29) is 6.04 Å². The van der Waals surface area contributed by atoms with Gasteiger partial charge in [-0.25, -0.2) is 4.98 Å². The van der Waals surface area contributed by atoms with E-state index in [1.165, 1.54) is 18.4 Å². The van der Waals surface area contributed by atoms with E-state index < -0.39 is 0 Å². The largest absolute Gasteiger partial charge is 0.352 e. The zero-order valence-corrected chi connectivity index (χ0v) is 16.2. The molecule has 1 saturated heterocycles. The van der Waals surface area contributed by atoms with Crippen LogP contribution in [0.15, 0.2) is 67.1 Å². The third-order valence-electron chi connectivity index (χ3n) is 5.23. The van der Waals surface area contributed by atoms with Crippen LogP contribution in [0.5, 0.6) is 0 Å². The molecule has 1 unspecified atom stereocenters. The number of benzene rings is 1. The molecule has 1 N–H and O–H groups in total. The summed E-state index contributed by atoms with van der Waals surface area (Å²) in [5.41, 5.74) is 2.33. The van der Waals surface area contributed by atoms with Crippen LogP contribution in [0.4, 0.5) is 17.5 Å². The lowest BCUT2D eigenvalue weighted by Crippen LogP contribution is -2.31. The second-order valence-electron chi connectivity index (χ2n) is 7.06. The molecule has 1 aliphatic heterocycles. The van der Waals surface area contributed by atoms with E-state index in [0.29, 0.717) is 5.95 Å². The van der Waals surface area contributed by atoms with Gasteiger partial charge in [-0.2, -0.15) is 4.98 Å². The number of nitrogens with zero attached hydrogens (tertiary/aromatic N) is 5. The average molecular weight is 374 g/mol. The molecule has 0 saturated carbocycles. The van der Waals surface area contributed by atoms with Crippen molar-refractivity contribution in [2.75, 3.05) is 36.9 Å². The summed E-state index contributed by atoms with van der Waals surface area (Å²) in [5.74, 6) is 1.51. The number of nitrogens with one attached hydrogen (secondary N) is 1. The van der Waals surface area contributed by atoms with Gasteiger partial charge in [0, 0.05) is 37.9 Å². The molecule has 0 bridgehead atoms. The molecule has 0 aliphatic carbocycles. The SMILES string of the molecule is CN(c1ccccc1)c1ccnc(NCC(c2cccnc2)N2CCCC2)n1. The van der Waals surface area contributed by atoms with Crippen LogP contribution in [0.3, 0.4) is 0 Å². The number of pyridine rings is 1. The highest BCUT2D eigenvalue weighted by Gasteiger charge is 2.23. The van der Waals surface area contributed by atoms with Gasteiger partial charge in [0.15, 0.2) is 0 Å². The van der Waals surface area contributed by atoms with Crippen LogP contribution in [0.2, 0.25) is 0 Å². The summed E-state index contributed by atoms with van der Waals surface area (Å²) in [4.78, 5) is 18.0. The van der Waals surface area contributed by atoms with Crippen molar-refractivity contribution in [1.82, 2.24) is 19.9 Å². The first-order valence-electron chi connectivity index (χ1n) is 9.81. The van der Waals surface area contributed by atoms with Crippen molar-refractivity contribution in [2.45, 2.75) is 18.9 Å². The van der Waals surface area contributed by atoms with Crippen LogP contribution in [-0.2, 0) is 0 Å². The number of hydrogen-bond acceptors (Lipinski definition) is 6. The number of anilines is 3. The van der Waals surface area contributed by atoms with E-state index >= 15 is 0 Å². The normalized spacial score (nSPS) is 15.3. The summed E-state index contributed by atoms with van der Waals surface area (Å²) >= 11 is 0. The Hall–Kier alpha value is -2.99. The zero-order valence-electron chi connectivity index (χ0n) is 16.2. The molecule has 28 heavy (non-hydrogen) atoms. The van der Waals surface area contributed by atoms with Gasteiger partial charge in [0.2, 0.25) is 5.95 Å². The molecule has 1 fully saturated rings. The maximum Gasteiger partial charge on any atom is 0.224 e. The predicted molar refractivity (Wildman–Crippen MR) is 113 cm³/mol. The van der Waals surface area contributed by atoms with Crippen molar-refractivity contribution in [3.8, 4) is 0 Å². The first kappa shape index (κ1) is 18.4. The second kappa shape index (κ2) is 8.80. The molecule has 6 heteroatoms. The first-order valence-corrected chi connectivity index (χ1v) is 9.81. The van der Waals surface area contributed by atoms with Crippen LogP contribution in [0.25, 0.3) is 0 Å². The topological polar surface area (TPSA) is 57.2 Å². The first-order chi connectivity index (χ1) is 13.8. The molecule has 4 rings (SSSR count). The maximum atomic E-state index is 4.71. The highest BCUT2D eigenvalue weighted by molar-refractivity contribution is 5.59. The Kier molecular flexibility index (Phi) is 5.77. The highest BCUT2D eigenvalue weighted by atomic mass is 15.2. The van der Waals surface area contributed by atoms with E-state index in [9.17, 15) is 0 Å². The van der Waals surface area contributed by atoms with E-state index in [4.69, 9.17) is 4.98 Å². The van der Waals surface area contributed by atoms with Crippen molar-refractivity contribution in [1.29, 1.82) is 0 Å². The molecule has 0 amide bonds. The summed E-state index contributed by atoms with van der Waals surface area (Å²) in [6, 6.07) is 16.6. The fourth-order valence-corrected chi connectivity index (χ4v) is 3.68. The van der Waals surface area contributed by atoms with Crippen LogP contribution >= 0.6 is 0 Å². The van der Waals surface area contributed by atoms with Gasteiger partial charge in [-0.1, -0.05) is 24.3 Å². The summed E-state index contributed by atoms with van der Waals surface area (Å²) < 4.78 is 0. The molecular formula is C22H26N6. The molecule has 144 valence electrons. The van der Waals surface area contributed by atoms with Gasteiger partial charge in [0.25, 0.3) is 0 Å². The molecule has 3 heterocycles. The molecular weight excluding hydrogens is 348 g/mol. The third-order valence-corrected chi connectivity index (χ3v) is 5.23. The number of likely N-dealkylation sites (tertiary alicyclic amines) is 1.